The zero-order valence-electron chi connectivity index (χ0n) is 19.0. The summed E-state index contributed by atoms with van der Waals surface area (Å²) in [4.78, 5) is 3.33. The van der Waals surface area contributed by atoms with Crippen molar-refractivity contribution < 1.29 is 22.1 Å². The predicted molar refractivity (Wildman–Crippen MR) is 132 cm³/mol. The molecule has 0 aliphatic carbocycles. The molecule has 3 nitrogen and oxygen atoms in total. The van der Waals surface area contributed by atoms with Gasteiger partial charge in [0, 0.05) is 35.0 Å². The molecule has 180 valence electrons. The average Bonchev–Trinajstić information content (AvgIpc) is 2.81. The van der Waals surface area contributed by atoms with Gasteiger partial charge in [0.1, 0.15) is 7.05 Å². The van der Waals surface area contributed by atoms with Gasteiger partial charge in [0.2, 0.25) is 11.0 Å². The summed E-state index contributed by atoms with van der Waals surface area (Å²) >= 11 is 5.99. The van der Waals surface area contributed by atoms with Crippen LogP contribution in [0.3, 0.4) is 0 Å². The summed E-state index contributed by atoms with van der Waals surface area (Å²) in [5, 5.41) is 1.97. The summed E-state index contributed by atoms with van der Waals surface area (Å²) in [6.45, 7) is -1.18. The first-order valence-corrected chi connectivity index (χ1v) is 12.0. The predicted octanol–water partition coefficient (Wildman–Crippen LogP) is 6.13. The van der Waals surface area contributed by atoms with E-state index in [-0.39, 0.29) is 26.2 Å². The van der Waals surface area contributed by atoms with Crippen LogP contribution >= 0.6 is 11.6 Å². The Morgan fingerprint density at radius 3 is 1.60 bits per heavy atom. The molecule has 0 bridgehead atoms. The highest BCUT2D eigenvalue weighted by Crippen LogP contribution is 2.40. The standard InChI is InChI=1S/C27H23ClF4N3/c1-33-23-10-19(34-13-26(29,30)14-34)6-8-21(23)25(18-4-2-17(12-28)3-5-18)22-9-7-20(11-24(22)33)35-15-27(31,32)16-35/h2-11H,12-16H2,1H3/q+1. The molecule has 0 amide bonds. The van der Waals surface area contributed by atoms with Crippen molar-refractivity contribution in [3.05, 3.63) is 66.2 Å². The van der Waals surface area contributed by atoms with E-state index in [1.165, 1.54) is 0 Å². The highest BCUT2D eigenvalue weighted by molar-refractivity contribution is 6.17. The molecule has 2 fully saturated rings. The number of hydrogen-bond acceptors (Lipinski definition) is 2. The van der Waals surface area contributed by atoms with Crippen molar-refractivity contribution in [2.75, 3.05) is 36.0 Å². The Labute approximate surface area is 205 Å². The minimum Gasteiger partial charge on any atom is -0.359 e. The molecular formula is C27H23ClF4N3+. The molecule has 3 heterocycles. The number of aromatic nitrogens is 1. The van der Waals surface area contributed by atoms with Crippen molar-refractivity contribution >= 4 is 44.8 Å². The van der Waals surface area contributed by atoms with E-state index in [0.29, 0.717) is 5.88 Å². The van der Waals surface area contributed by atoms with Crippen LogP contribution < -0.4 is 14.4 Å². The first kappa shape index (κ1) is 22.4. The third kappa shape index (κ3) is 3.77. The van der Waals surface area contributed by atoms with E-state index in [4.69, 9.17) is 11.6 Å². The molecule has 4 aromatic rings. The van der Waals surface area contributed by atoms with E-state index in [0.717, 1.165) is 49.9 Å². The quantitative estimate of drug-likeness (QED) is 0.144. The number of anilines is 2. The molecular weight excluding hydrogens is 478 g/mol. The Hall–Kier alpha value is -3.06. The number of nitrogens with zero attached hydrogens (tertiary/aromatic N) is 3. The second-order valence-corrected chi connectivity index (χ2v) is 9.86. The molecule has 2 aliphatic heterocycles. The molecule has 35 heavy (non-hydrogen) atoms. The van der Waals surface area contributed by atoms with Gasteiger partial charge in [-0.2, -0.15) is 4.57 Å². The van der Waals surface area contributed by atoms with Crippen molar-refractivity contribution in [2.45, 2.75) is 17.7 Å². The summed E-state index contributed by atoms with van der Waals surface area (Å²) in [6, 6.07) is 19.6. The third-order valence-electron chi connectivity index (χ3n) is 7.04. The Morgan fingerprint density at radius 2 is 1.20 bits per heavy atom. The largest absolute Gasteiger partial charge is 0.359 e. The maximum atomic E-state index is 13.5. The van der Waals surface area contributed by atoms with Crippen LogP contribution in [-0.4, -0.2) is 38.0 Å². The number of alkyl halides is 5. The number of aryl methyl sites for hydroxylation is 1. The smallest absolute Gasteiger partial charge is 0.282 e. The Kier molecular flexibility index (Phi) is 4.94. The fraction of sp³-hybridized carbons (Fsp3) is 0.296. The van der Waals surface area contributed by atoms with E-state index in [1.807, 2.05) is 72.3 Å². The summed E-state index contributed by atoms with van der Waals surface area (Å²) in [7, 11) is 1.92. The SMILES string of the molecule is C[n+]1c2cc(N3CC(F)(F)C3)ccc2c(-c2ccc(CCl)cc2)c2ccc(N3CC(F)(F)C3)cc21. The van der Waals surface area contributed by atoms with Gasteiger partial charge in [0.15, 0.2) is 0 Å². The van der Waals surface area contributed by atoms with Crippen LogP contribution in [0.2, 0.25) is 0 Å². The Balaban J connectivity index is 1.56. The maximum Gasteiger partial charge on any atom is 0.282 e. The number of fused-ring (bicyclic) bond motifs is 2. The highest BCUT2D eigenvalue weighted by atomic mass is 35.5. The second kappa shape index (κ2) is 7.72. The molecule has 0 unspecified atom stereocenters. The molecule has 8 heteroatoms. The van der Waals surface area contributed by atoms with Crippen LogP contribution in [0.15, 0.2) is 60.7 Å². The van der Waals surface area contributed by atoms with E-state index >= 15 is 0 Å². The van der Waals surface area contributed by atoms with Gasteiger partial charge in [0.25, 0.3) is 11.8 Å². The minimum atomic E-state index is -2.66. The maximum absolute atomic E-state index is 13.5. The zero-order valence-corrected chi connectivity index (χ0v) is 19.8. The van der Waals surface area contributed by atoms with Crippen LogP contribution in [-0.2, 0) is 12.9 Å². The lowest BCUT2D eigenvalue weighted by atomic mass is 9.94. The lowest BCUT2D eigenvalue weighted by Gasteiger charge is -2.40. The van der Waals surface area contributed by atoms with Crippen molar-refractivity contribution in [1.82, 2.24) is 0 Å². The van der Waals surface area contributed by atoms with E-state index in [2.05, 4.69) is 0 Å². The van der Waals surface area contributed by atoms with Crippen LogP contribution in [0.1, 0.15) is 5.56 Å². The fourth-order valence-electron chi connectivity index (χ4n) is 5.15. The molecule has 0 spiro atoms. The van der Waals surface area contributed by atoms with Gasteiger partial charge in [-0.3, -0.25) is 0 Å². The first-order valence-electron chi connectivity index (χ1n) is 11.4. The Bertz CT molecular complexity index is 1370. The van der Waals surface area contributed by atoms with Crippen LogP contribution in [0, 0.1) is 0 Å². The number of halogens is 5. The molecule has 1 aromatic heterocycles. The molecule has 0 atom stereocenters. The third-order valence-corrected chi connectivity index (χ3v) is 7.35. The number of benzene rings is 3. The average molecular weight is 501 g/mol. The van der Waals surface area contributed by atoms with E-state index in [9.17, 15) is 17.6 Å². The number of rotatable bonds is 4. The van der Waals surface area contributed by atoms with Gasteiger partial charge in [0.05, 0.1) is 37.0 Å². The number of pyridine rings is 1. The molecule has 3 aromatic carbocycles. The topological polar surface area (TPSA) is 10.4 Å². The molecule has 2 saturated heterocycles. The van der Waals surface area contributed by atoms with Gasteiger partial charge >= 0.3 is 0 Å². The normalized spacial score (nSPS) is 18.6. The molecule has 2 aliphatic rings. The van der Waals surface area contributed by atoms with Gasteiger partial charge < -0.3 is 9.80 Å². The van der Waals surface area contributed by atoms with E-state index in [1.54, 1.807) is 9.80 Å². The minimum absolute atomic E-state index is 0.296. The van der Waals surface area contributed by atoms with Gasteiger partial charge in [-0.25, -0.2) is 17.6 Å². The monoisotopic (exact) mass is 500 g/mol. The lowest BCUT2D eigenvalue weighted by Crippen LogP contribution is -2.56. The fourth-order valence-corrected chi connectivity index (χ4v) is 5.33. The highest BCUT2D eigenvalue weighted by Gasteiger charge is 2.45. The Morgan fingerprint density at radius 1 is 0.743 bits per heavy atom. The molecule has 0 radical (unpaired) electrons. The van der Waals surface area contributed by atoms with E-state index < -0.39 is 11.8 Å². The van der Waals surface area contributed by atoms with Crippen molar-refractivity contribution in [3.63, 3.8) is 0 Å². The van der Waals surface area contributed by atoms with Gasteiger partial charge in [-0.15, -0.1) is 11.6 Å². The van der Waals surface area contributed by atoms with Crippen molar-refractivity contribution in [1.29, 1.82) is 0 Å². The zero-order chi connectivity index (χ0) is 24.5. The molecule has 0 saturated carbocycles. The number of hydrogen-bond donors (Lipinski definition) is 0. The summed E-state index contributed by atoms with van der Waals surface area (Å²) in [5.74, 6) is -4.91. The van der Waals surface area contributed by atoms with Crippen molar-refractivity contribution in [2.24, 2.45) is 7.05 Å². The van der Waals surface area contributed by atoms with Crippen LogP contribution in [0.25, 0.3) is 32.9 Å². The van der Waals surface area contributed by atoms with Crippen molar-refractivity contribution in [3.8, 4) is 11.1 Å². The lowest BCUT2D eigenvalue weighted by molar-refractivity contribution is -0.617. The van der Waals surface area contributed by atoms with Crippen LogP contribution in [0.4, 0.5) is 28.9 Å². The second-order valence-electron chi connectivity index (χ2n) is 9.59. The summed E-state index contributed by atoms with van der Waals surface area (Å²) in [5.41, 5.74) is 6.25. The molecule has 0 N–H and O–H groups in total. The summed E-state index contributed by atoms with van der Waals surface area (Å²) < 4.78 is 56.1. The van der Waals surface area contributed by atoms with Gasteiger partial charge in [-0.05, 0) is 35.4 Å². The first-order chi connectivity index (χ1) is 16.6. The summed E-state index contributed by atoms with van der Waals surface area (Å²) in [6.07, 6.45) is 0. The van der Waals surface area contributed by atoms with Crippen LogP contribution in [0.5, 0.6) is 0 Å². The molecule has 6 rings (SSSR count). The van der Waals surface area contributed by atoms with Gasteiger partial charge in [-0.1, -0.05) is 24.3 Å².